The topological polar surface area (TPSA) is 111 Å². The minimum absolute atomic E-state index is 0.0377. The Morgan fingerprint density at radius 3 is 2.33 bits per heavy atom. The quantitative estimate of drug-likeness (QED) is 0.0981. The zero-order chi connectivity index (χ0) is 30.3. The van der Waals surface area contributed by atoms with Crippen molar-refractivity contribution in [1.82, 2.24) is 0 Å². The van der Waals surface area contributed by atoms with Crippen LogP contribution in [0.1, 0.15) is 27.8 Å². The Labute approximate surface area is 238 Å². The van der Waals surface area contributed by atoms with Crippen LogP contribution in [-0.4, -0.2) is 28.0 Å². The van der Waals surface area contributed by atoms with Gasteiger partial charge in [0.05, 0.1) is 16.9 Å². The number of carbonyl (C=O) groups excluding carboxylic acids is 1. The number of nitrogens with zero attached hydrogens (tertiary/aromatic N) is 2. The Kier molecular flexibility index (Phi) is 7.11. The minimum Gasteiger partial charge on any atom is -0.505 e. The smallest absolute Gasteiger partial charge is 0.505 e. The summed E-state index contributed by atoms with van der Waals surface area (Å²) in [6.45, 7) is 5.38. The zero-order valence-corrected chi connectivity index (χ0v) is 22.6. The number of ether oxygens (including phenoxy) is 1. The van der Waals surface area contributed by atoms with Crippen molar-refractivity contribution in [3.05, 3.63) is 101 Å². The molecule has 0 radical (unpaired) electrons. The maximum Gasteiger partial charge on any atom is 0.511 e. The van der Waals surface area contributed by atoms with E-state index in [4.69, 9.17) is 9.84 Å². The van der Waals surface area contributed by atoms with E-state index in [0.717, 1.165) is 23.3 Å². The number of phenolic OH excluding ortho intramolecular Hbond substituents is 1. The number of para-hydroxylation sites is 1. The summed E-state index contributed by atoms with van der Waals surface area (Å²) in [5.74, 6) is -0.704. The van der Waals surface area contributed by atoms with Gasteiger partial charge >= 0.3 is 12.3 Å². The van der Waals surface area contributed by atoms with Crippen LogP contribution in [0.5, 0.6) is 11.5 Å². The highest BCUT2D eigenvalue weighted by Crippen LogP contribution is 2.41. The number of carboxylic acid groups (broad SMARTS) is 1. The SMILES string of the molecule is Cc1ccc(N2C(=O)C(=NNc3cccc(-c4ccc(OC(=O)O)c(C)c4)c3O)c3ccc(C(F)(F)F)cc32)cc1C. The van der Waals surface area contributed by atoms with Crippen molar-refractivity contribution in [2.24, 2.45) is 5.10 Å². The van der Waals surface area contributed by atoms with Gasteiger partial charge in [0.25, 0.3) is 5.91 Å². The molecule has 214 valence electrons. The van der Waals surface area contributed by atoms with Crippen LogP contribution in [0.3, 0.4) is 0 Å². The fourth-order valence-corrected chi connectivity index (χ4v) is 4.66. The summed E-state index contributed by atoms with van der Waals surface area (Å²) >= 11 is 0. The summed E-state index contributed by atoms with van der Waals surface area (Å²) in [5.41, 5.74) is 5.69. The molecule has 1 aliphatic rings. The Bertz CT molecular complexity index is 1780. The number of anilines is 3. The van der Waals surface area contributed by atoms with E-state index in [9.17, 15) is 27.9 Å². The molecule has 1 heterocycles. The molecule has 1 amide bonds. The third-order valence-electron chi connectivity index (χ3n) is 6.98. The molecular weight excluding hydrogens is 551 g/mol. The lowest BCUT2D eigenvalue weighted by Gasteiger charge is -2.19. The lowest BCUT2D eigenvalue weighted by Crippen LogP contribution is -2.26. The number of hydrazone groups is 1. The molecule has 0 fully saturated rings. The standard InChI is InChI=1S/C31H24F3N3O5/c1-16-7-10-21(14-17(16)2)37-25-15-20(31(32,33)34)9-11-23(25)27(29(37)39)36-35-24-6-4-5-22(28(24)38)19-8-12-26(18(3)13-19)42-30(40)41/h4-15,35,38H,1-3H3,(H,40,41). The summed E-state index contributed by atoms with van der Waals surface area (Å²) in [4.78, 5) is 25.7. The lowest BCUT2D eigenvalue weighted by molar-refractivity contribution is -0.137. The van der Waals surface area contributed by atoms with E-state index >= 15 is 0 Å². The molecule has 0 aliphatic carbocycles. The number of hydrogen-bond donors (Lipinski definition) is 3. The number of aryl methyl sites for hydroxylation is 3. The van der Waals surface area contributed by atoms with Gasteiger partial charge in [0.2, 0.25) is 0 Å². The first-order valence-electron chi connectivity index (χ1n) is 12.7. The molecule has 0 unspecified atom stereocenters. The Morgan fingerprint density at radius 2 is 1.67 bits per heavy atom. The zero-order valence-electron chi connectivity index (χ0n) is 22.6. The van der Waals surface area contributed by atoms with Crippen molar-refractivity contribution < 1.29 is 37.7 Å². The number of aromatic hydroxyl groups is 1. The van der Waals surface area contributed by atoms with E-state index in [0.29, 0.717) is 22.4 Å². The van der Waals surface area contributed by atoms with Crippen molar-refractivity contribution >= 4 is 34.8 Å². The normalized spacial score (nSPS) is 13.8. The van der Waals surface area contributed by atoms with Gasteiger partial charge in [0, 0.05) is 16.8 Å². The summed E-state index contributed by atoms with van der Waals surface area (Å²) in [6, 6.07) is 17.6. The van der Waals surface area contributed by atoms with Crippen LogP contribution < -0.4 is 15.1 Å². The molecule has 8 nitrogen and oxygen atoms in total. The Hall–Kier alpha value is -5.32. The highest BCUT2D eigenvalue weighted by molar-refractivity contribution is 6.55. The van der Waals surface area contributed by atoms with Crippen molar-refractivity contribution in [2.75, 3.05) is 10.3 Å². The van der Waals surface area contributed by atoms with Crippen LogP contribution in [-0.2, 0) is 11.0 Å². The van der Waals surface area contributed by atoms with Crippen LogP contribution in [0, 0.1) is 20.8 Å². The predicted molar refractivity (Wildman–Crippen MR) is 152 cm³/mol. The van der Waals surface area contributed by atoms with E-state index in [1.807, 2.05) is 13.8 Å². The first-order chi connectivity index (χ1) is 19.8. The fourth-order valence-electron chi connectivity index (χ4n) is 4.66. The van der Waals surface area contributed by atoms with Crippen molar-refractivity contribution in [1.29, 1.82) is 0 Å². The highest BCUT2D eigenvalue weighted by Gasteiger charge is 2.39. The number of carbonyl (C=O) groups is 2. The number of nitrogens with one attached hydrogen (secondary N) is 1. The largest absolute Gasteiger partial charge is 0.511 e. The van der Waals surface area contributed by atoms with Crippen molar-refractivity contribution in [2.45, 2.75) is 26.9 Å². The molecule has 0 bridgehead atoms. The second-order valence-electron chi connectivity index (χ2n) is 9.76. The number of amides is 1. The summed E-state index contributed by atoms with van der Waals surface area (Å²) < 4.78 is 45.5. The van der Waals surface area contributed by atoms with Crippen LogP contribution in [0.2, 0.25) is 0 Å². The van der Waals surface area contributed by atoms with Gasteiger partial charge in [0.15, 0.2) is 5.71 Å². The van der Waals surface area contributed by atoms with Gasteiger partial charge in [-0.15, -0.1) is 0 Å². The van der Waals surface area contributed by atoms with Gasteiger partial charge in [0.1, 0.15) is 11.5 Å². The average Bonchev–Trinajstić information content (AvgIpc) is 3.20. The fraction of sp³-hybridized carbons (Fsp3) is 0.129. The summed E-state index contributed by atoms with van der Waals surface area (Å²) in [5, 5.41) is 24.1. The number of halogens is 3. The van der Waals surface area contributed by atoms with Crippen molar-refractivity contribution in [3.8, 4) is 22.6 Å². The molecule has 0 atom stereocenters. The maximum atomic E-state index is 13.6. The van der Waals surface area contributed by atoms with Gasteiger partial charge in [-0.1, -0.05) is 24.3 Å². The van der Waals surface area contributed by atoms with Crippen LogP contribution in [0.25, 0.3) is 11.1 Å². The molecule has 5 rings (SSSR count). The molecule has 4 aromatic carbocycles. The highest BCUT2D eigenvalue weighted by atomic mass is 19.4. The van der Waals surface area contributed by atoms with Gasteiger partial charge in [-0.2, -0.15) is 18.3 Å². The molecular formula is C31H24F3N3O5. The third-order valence-corrected chi connectivity index (χ3v) is 6.98. The number of phenols is 1. The number of fused-ring (bicyclic) bond motifs is 1. The van der Waals surface area contributed by atoms with E-state index in [2.05, 4.69) is 10.5 Å². The lowest BCUT2D eigenvalue weighted by atomic mass is 10.0. The molecule has 11 heteroatoms. The monoisotopic (exact) mass is 575 g/mol. The second-order valence-corrected chi connectivity index (χ2v) is 9.76. The van der Waals surface area contributed by atoms with Gasteiger partial charge in [-0.3, -0.25) is 15.1 Å². The van der Waals surface area contributed by atoms with E-state index in [1.165, 1.54) is 23.1 Å². The molecule has 42 heavy (non-hydrogen) atoms. The first kappa shape index (κ1) is 28.2. The molecule has 0 spiro atoms. The van der Waals surface area contributed by atoms with E-state index < -0.39 is 23.8 Å². The molecule has 0 saturated heterocycles. The molecule has 3 N–H and O–H groups in total. The second kappa shape index (κ2) is 10.6. The van der Waals surface area contributed by atoms with Gasteiger partial charge in [-0.05, 0) is 91.6 Å². The molecule has 1 aliphatic heterocycles. The Balaban J connectivity index is 1.53. The van der Waals surface area contributed by atoms with Crippen LogP contribution in [0.4, 0.5) is 35.0 Å². The van der Waals surface area contributed by atoms with E-state index in [1.54, 1.807) is 49.4 Å². The first-order valence-corrected chi connectivity index (χ1v) is 12.7. The Morgan fingerprint density at radius 1 is 0.905 bits per heavy atom. The minimum atomic E-state index is -4.62. The number of hydrogen-bond acceptors (Lipinski definition) is 6. The number of benzene rings is 4. The van der Waals surface area contributed by atoms with Crippen molar-refractivity contribution in [3.63, 3.8) is 0 Å². The summed E-state index contributed by atoms with van der Waals surface area (Å²) in [7, 11) is 0. The maximum absolute atomic E-state index is 13.6. The van der Waals surface area contributed by atoms with Crippen LogP contribution in [0.15, 0.2) is 77.9 Å². The average molecular weight is 576 g/mol. The molecule has 4 aromatic rings. The number of rotatable bonds is 5. The molecule has 0 aromatic heterocycles. The van der Waals surface area contributed by atoms with Gasteiger partial charge < -0.3 is 14.9 Å². The van der Waals surface area contributed by atoms with Gasteiger partial charge in [-0.25, -0.2) is 4.79 Å². The summed E-state index contributed by atoms with van der Waals surface area (Å²) in [6.07, 6.45) is -6.07. The van der Waals surface area contributed by atoms with Crippen LogP contribution >= 0.6 is 0 Å². The number of alkyl halides is 3. The predicted octanol–water partition coefficient (Wildman–Crippen LogP) is 7.55. The van der Waals surface area contributed by atoms with E-state index in [-0.39, 0.29) is 34.1 Å². The third kappa shape index (κ3) is 5.24. The molecule has 0 saturated carbocycles.